The topological polar surface area (TPSA) is 55.7 Å². The van der Waals surface area contributed by atoms with Gasteiger partial charge >= 0.3 is 0 Å². The van der Waals surface area contributed by atoms with Crippen molar-refractivity contribution in [2.45, 2.75) is 0 Å². The monoisotopic (exact) mass is 283 g/mol. The Bertz CT molecular complexity index is 625. The first kappa shape index (κ1) is 14.6. The van der Waals surface area contributed by atoms with Crippen LogP contribution >= 0.6 is 0 Å². The van der Waals surface area contributed by atoms with Crippen molar-refractivity contribution in [2.24, 2.45) is 5.10 Å². The Hall–Kier alpha value is -2.82. The molecule has 1 aromatic heterocycles. The number of hydrazone groups is 1. The quantitative estimate of drug-likeness (QED) is 0.653. The van der Waals surface area contributed by atoms with Crippen LogP contribution in [0.15, 0.2) is 53.8 Å². The van der Waals surface area contributed by atoms with E-state index in [0.29, 0.717) is 17.3 Å². The normalized spacial score (nSPS) is 11.0. The van der Waals surface area contributed by atoms with E-state index in [-0.39, 0.29) is 0 Å². The maximum Gasteiger partial charge on any atom is 0.161 e. The summed E-state index contributed by atoms with van der Waals surface area (Å²) in [5.41, 5.74) is 3.83. The summed E-state index contributed by atoms with van der Waals surface area (Å²) in [6.07, 6.45) is 7.12. The lowest BCUT2D eigenvalue weighted by Crippen LogP contribution is -1.91. The fourth-order valence-electron chi connectivity index (χ4n) is 1.69. The third-order valence-corrected chi connectivity index (χ3v) is 2.70. The summed E-state index contributed by atoms with van der Waals surface area (Å²) in [4.78, 5) is 4.10. The smallest absolute Gasteiger partial charge is 0.161 e. The molecule has 21 heavy (non-hydrogen) atoms. The number of nitrogens with one attached hydrogen (secondary N) is 1. The molecule has 1 N–H and O–H groups in total. The molecule has 0 saturated heterocycles. The Kier molecular flexibility index (Phi) is 5.34. The molecule has 108 valence electrons. The van der Waals surface area contributed by atoms with Crippen molar-refractivity contribution in [3.05, 3.63) is 54.2 Å². The van der Waals surface area contributed by atoms with Gasteiger partial charge in [-0.25, -0.2) is 4.98 Å². The predicted octanol–water partition coefficient (Wildman–Crippen LogP) is 3.21. The molecular formula is C16H17N3O2. The fourth-order valence-corrected chi connectivity index (χ4v) is 1.69. The Morgan fingerprint density at radius 2 is 1.95 bits per heavy atom. The molecule has 0 bridgehead atoms. The van der Waals surface area contributed by atoms with E-state index in [1.165, 1.54) is 0 Å². The van der Waals surface area contributed by atoms with Crippen molar-refractivity contribution in [1.82, 2.24) is 4.98 Å². The van der Waals surface area contributed by atoms with Gasteiger partial charge in [0.25, 0.3) is 0 Å². The van der Waals surface area contributed by atoms with Crippen LogP contribution in [-0.2, 0) is 0 Å². The second-order valence-electron chi connectivity index (χ2n) is 4.08. The van der Waals surface area contributed by atoms with Crippen LogP contribution in [0.2, 0.25) is 0 Å². The Morgan fingerprint density at radius 1 is 1.10 bits per heavy atom. The maximum absolute atomic E-state index is 5.25. The first-order chi connectivity index (χ1) is 10.3. The van der Waals surface area contributed by atoms with Crippen molar-refractivity contribution in [3.8, 4) is 11.5 Å². The number of pyridine rings is 1. The first-order valence-corrected chi connectivity index (χ1v) is 6.42. The van der Waals surface area contributed by atoms with E-state index >= 15 is 0 Å². The summed E-state index contributed by atoms with van der Waals surface area (Å²) in [6.45, 7) is 0. The molecule has 0 spiro atoms. The summed E-state index contributed by atoms with van der Waals surface area (Å²) in [7, 11) is 3.23. The van der Waals surface area contributed by atoms with E-state index in [4.69, 9.17) is 9.47 Å². The van der Waals surface area contributed by atoms with Crippen LogP contribution in [0, 0.1) is 0 Å². The average Bonchev–Trinajstić information content (AvgIpc) is 2.55. The SMILES string of the molecule is COc1ccc(/C=C/C=N/Nc2ccccn2)cc1OC. The van der Waals surface area contributed by atoms with Gasteiger partial charge in [-0.1, -0.05) is 18.2 Å². The highest BCUT2D eigenvalue weighted by Gasteiger charge is 2.01. The Labute approximate surface area is 123 Å². The number of hydrogen-bond acceptors (Lipinski definition) is 5. The maximum atomic E-state index is 5.25. The number of anilines is 1. The molecule has 0 saturated carbocycles. The van der Waals surface area contributed by atoms with Crippen molar-refractivity contribution < 1.29 is 9.47 Å². The summed E-state index contributed by atoms with van der Waals surface area (Å²) in [5.74, 6) is 2.11. The molecule has 1 heterocycles. The minimum Gasteiger partial charge on any atom is -0.493 e. The van der Waals surface area contributed by atoms with E-state index in [2.05, 4.69) is 15.5 Å². The third kappa shape index (κ3) is 4.35. The van der Waals surface area contributed by atoms with Gasteiger partial charge in [0, 0.05) is 12.4 Å². The zero-order valence-corrected chi connectivity index (χ0v) is 12.0. The average molecular weight is 283 g/mol. The van der Waals surface area contributed by atoms with Crippen molar-refractivity contribution in [1.29, 1.82) is 0 Å². The van der Waals surface area contributed by atoms with Crippen molar-refractivity contribution in [2.75, 3.05) is 19.6 Å². The van der Waals surface area contributed by atoms with Crippen LogP contribution in [-0.4, -0.2) is 25.4 Å². The minimum atomic E-state index is 0.697. The lowest BCUT2D eigenvalue weighted by molar-refractivity contribution is 0.355. The number of aromatic nitrogens is 1. The van der Waals surface area contributed by atoms with Gasteiger partial charge < -0.3 is 9.47 Å². The summed E-state index contributed by atoms with van der Waals surface area (Å²) in [5, 5.41) is 4.05. The van der Waals surface area contributed by atoms with Gasteiger partial charge in [0.2, 0.25) is 0 Å². The van der Waals surface area contributed by atoms with Crippen LogP contribution in [0.5, 0.6) is 11.5 Å². The summed E-state index contributed by atoms with van der Waals surface area (Å²) < 4.78 is 10.4. The van der Waals surface area contributed by atoms with Gasteiger partial charge in [-0.15, -0.1) is 0 Å². The molecule has 5 nitrogen and oxygen atoms in total. The minimum absolute atomic E-state index is 0.697. The highest BCUT2D eigenvalue weighted by molar-refractivity contribution is 5.79. The van der Waals surface area contributed by atoms with Gasteiger partial charge in [-0.05, 0) is 35.9 Å². The number of hydrogen-bond donors (Lipinski definition) is 1. The molecule has 2 rings (SSSR count). The molecule has 0 fully saturated rings. The second-order valence-corrected chi connectivity index (χ2v) is 4.08. The molecule has 0 aliphatic rings. The van der Waals surface area contributed by atoms with E-state index < -0.39 is 0 Å². The van der Waals surface area contributed by atoms with Crippen molar-refractivity contribution >= 4 is 18.1 Å². The number of rotatable bonds is 6. The number of methoxy groups -OCH3 is 2. The largest absolute Gasteiger partial charge is 0.493 e. The van der Waals surface area contributed by atoms with Crippen LogP contribution in [0.1, 0.15) is 5.56 Å². The highest BCUT2D eigenvalue weighted by atomic mass is 16.5. The Balaban J connectivity index is 1.95. The standard InChI is InChI=1S/C16H17N3O2/c1-20-14-9-8-13(12-15(14)21-2)6-5-11-18-19-16-7-3-4-10-17-16/h3-12H,1-2H3,(H,17,19)/b6-5+,18-11+. The third-order valence-electron chi connectivity index (χ3n) is 2.70. The van der Waals surface area contributed by atoms with E-state index in [0.717, 1.165) is 5.56 Å². The predicted molar refractivity (Wildman–Crippen MR) is 84.9 cm³/mol. The highest BCUT2D eigenvalue weighted by Crippen LogP contribution is 2.27. The number of nitrogens with zero attached hydrogens (tertiary/aromatic N) is 2. The molecule has 0 atom stereocenters. The van der Waals surface area contributed by atoms with Gasteiger partial charge in [-0.3, -0.25) is 5.43 Å². The van der Waals surface area contributed by atoms with Crippen LogP contribution in [0.25, 0.3) is 6.08 Å². The zero-order chi connectivity index (χ0) is 14.9. The van der Waals surface area contributed by atoms with Crippen LogP contribution in [0.3, 0.4) is 0 Å². The molecule has 0 radical (unpaired) electrons. The molecule has 1 aromatic carbocycles. The van der Waals surface area contributed by atoms with E-state index in [9.17, 15) is 0 Å². The molecule has 0 unspecified atom stereocenters. The summed E-state index contributed by atoms with van der Waals surface area (Å²) >= 11 is 0. The molecule has 2 aromatic rings. The fraction of sp³-hybridized carbons (Fsp3) is 0.125. The molecule has 0 amide bonds. The molecule has 5 heteroatoms. The van der Waals surface area contributed by atoms with Gasteiger partial charge in [-0.2, -0.15) is 5.10 Å². The number of benzene rings is 1. The number of ether oxygens (including phenoxy) is 2. The lowest BCUT2D eigenvalue weighted by atomic mass is 10.2. The molecule has 0 aliphatic carbocycles. The van der Waals surface area contributed by atoms with Gasteiger partial charge in [0.1, 0.15) is 5.82 Å². The van der Waals surface area contributed by atoms with E-state index in [1.807, 2.05) is 48.6 Å². The molecule has 0 aliphatic heterocycles. The zero-order valence-electron chi connectivity index (χ0n) is 12.0. The number of allylic oxidation sites excluding steroid dienone is 1. The van der Waals surface area contributed by atoms with Crippen LogP contribution < -0.4 is 14.9 Å². The van der Waals surface area contributed by atoms with Crippen molar-refractivity contribution in [3.63, 3.8) is 0 Å². The Morgan fingerprint density at radius 3 is 2.67 bits per heavy atom. The van der Waals surface area contributed by atoms with Crippen LogP contribution in [0.4, 0.5) is 5.82 Å². The summed E-state index contributed by atoms with van der Waals surface area (Å²) in [6, 6.07) is 11.3. The van der Waals surface area contributed by atoms with E-state index in [1.54, 1.807) is 26.6 Å². The first-order valence-electron chi connectivity index (χ1n) is 6.42. The van der Waals surface area contributed by atoms with Gasteiger partial charge in [0.15, 0.2) is 11.5 Å². The second kappa shape index (κ2) is 7.69. The lowest BCUT2D eigenvalue weighted by Gasteiger charge is -2.07. The molecular weight excluding hydrogens is 266 g/mol. The van der Waals surface area contributed by atoms with Gasteiger partial charge in [0.05, 0.1) is 14.2 Å².